The van der Waals surface area contributed by atoms with Crippen molar-refractivity contribution in [1.82, 2.24) is 4.90 Å². The van der Waals surface area contributed by atoms with Crippen molar-refractivity contribution in [2.75, 3.05) is 19.0 Å². The minimum absolute atomic E-state index is 0.00657. The molecule has 1 unspecified atom stereocenters. The van der Waals surface area contributed by atoms with Crippen LogP contribution in [0.1, 0.15) is 56.7 Å². The van der Waals surface area contributed by atoms with Gasteiger partial charge in [-0.25, -0.2) is 0 Å². The number of carbonyl (C=O) groups is 2. The van der Waals surface area contributed by atoms with Gasteiger partial charge in [0.15, 0.2) is 0 Å². The third-order valence-corrected chi connectivity index (χ3v) is 6.42. The number of ether oxygens (including phenoxy) is 1. The highest BCUT2D eigenvalue weighted by Gasteiger charge is 2.49. The van der Waals surface area contributed by atoms with E-state index in [1.54, 1.807) is 29.2 Å². The fraction of sp³-hybridized carbons (Fsp3) is 0.407. The molecule has 174 valence electrons. The molecular formula is C27H32N2O4. The lowest BCUT2D eigenvalue weighted by atomic mass is 9.94. The number of aliphatic hydroxyl groups excluding tert-OH is 1. The molecule has 1 saturated heterocycles. The minimum atomic E-state index is -0.622. The SMILES string of the molecule is CC(C)Oc1ccc(/C(O)=C2/C(=O)C(=O)N(C3CCCC3)C2c2ccc(N(C)C)cc2)cc1. The van der Waals surface area contributed by atoms with Crippen molar-refractivity contribution in [2.45, 2.75) is 57.7 Å². The smallest absolute Gasteiger partial charge is 0.295 e. The first kappa shape index (κ1) is 22.9. The molecule has 2 aromatic rings. The molecule has 2 aromatic carbocycles. The van der Waals surface area contributed by atoms with E-state index in [0.717, 1.165) is 36.9 Å². The van der Waals surface area contributed by atoms with Crippen molar-refractivity contribution < 1.29 is 19.4 Å². The summed E-state index contributed by atoms with van der Waals surface area (Å²) in [6.45, 7) is 3.89. The van der Waals surface area contributed by atoms with Gasteiger partial charge >= 0.3 is 0 Å². The molecule has 1 N–H and O–H groups in total. The van der Waals surface area contributed by atoms with Crippen LogP contribution < -0.4 is 9.64 Å². The van der Waals surface area contributed by atoms with Crippen molar-refractivity contribution in [3.05, 3.63) is 65.2 Å². The second-order valence-corrected chi connectivity index (χ2v) is 9.32. The number of likely N-dealkylation sites (tertiary alicyclic amines) is 1. The number of rotatable bonds is 6. The zero-order chi connectivity index (χ0) is 23.7. The van der Waals surface area contributed by atoms with Gasteiger partial charge in [-0.1, -0.05) is 25.0 Å². The van der Waals surface area contributed by atoms with Crippen LogP contribution in [-0.4, -0.2) is 47.9 Å². The molecule has 6 nitrogen and oxygen atoms in total. The number of hydrogen-bond acceptors (Lipinski definition) is 5. The second kappa shape index (κ2) is 9.30. The lowest BCUT2D eigenvalue weighted by Crippen LogP contribution is -2.37. The van der Waals surface area contributed by atoms with E-state index in [1.165, 1.54) is 0 Å². The number of carbonyl (C=O) groups excluding carboxylic acids is 2. The predicted molar refractivity (Wildman–Crippen MR) is 129 cm³/mol. The fourth-order valence-electron chi connectivity index (χ4n) is 4.81. The Balaban J connectivity index is 1.79. The Hall–Kier alpha value is -3.28. The van der Waals surface area contributed by atoms with Crippen molar-refractivity contribution >= 4 is 23.1 Å². The van der Waals surface area contributed by atoms with E-state index in [9.17, 15) is 14.7 Å². The van der Waals surface area contributed by atoms with Gasteiger partial charge < -0.3 is 19.6 Å². The molecule has 0 spiro atoms. The summed E-state index contributed by atoms with van der Waals surface area (Å²) in [7, 11) is 3.93. The molecular weight excluding hydrogens is 416 g/mol. The first-order valence-corrected chi connectivity index (χ1v) is 11.6. The third-order valence-electron chi connectivity index (χ3n) is 6.42. The van der Waals surface area contributed by atoms with Gasteiger partial charge in [0.1, 0.15) is 11.5 Å². The third kappa shape index (κ3) is 4.47. The van der Waals surface area contributed by atoms with Crippen LogP contribution in [0, 0.1) is 0 Å². The average Bonchev–Trinajstić information content (AvgIpc) is 3.40. The van der Waals surface area contributed by atoms with Crippen LogP contribution in [0.25, 0.3) is 5.76 Å². The molecule has 0 radical (unpaired) electrons. The second-order valence-electron chi connectivity index (χ2n) is 9.32. The Labute approximate surface area is 195 Å². The summed E-state index contributed by atoms with van der Waals surface area (Å²) in [6.07, 6.45) is 3.86. The van der Waals surface area contributed by atoms with E-state index in [2.05, 4.69) is 0 Å². The molecule has 1 atom stereocenters. The van der Waals surface area contributed by atoms with Crippen LogP contribution in [-0.2, 0) is 9.59 Å². The largest absolute Gasteiger partial charge is 0.507 e. The summed E-state index contributed by atoms with van der Waals surface area (Å²) in [5.74, 6) is -0.607. The van der Waals surface area contributed by atoms with Crippen LogP contribution in [0.2, 0.25) is 0 Å². The van der Waals surface area contributed by atoms with Gasteiger partial charge in [-0.3, -0.25) is 9.59 Å². The monoisotopic (exact) mass is 448 g/mol. The molecule has 1 amide bonds. The Morgan fingerprint density at radius 1 is 1.00 bits per heavy atom. The average molecular weight is 449 g/mol. The number of Topliss-reactive ketones (excluding diaryl/α,β-unsaturated/α-hetero) is 1. The van der Waals surface area contributed by atoms with Crippen molar-refractivity contribution in [2.24, 2.45) is 0 Å². The standard InChI is InChI=1S/C27H32N2O4/c1-17(2)33-22-15-11-19(12-16-22)25(30)23-24(18-9-13-20(14-10-18)28(3)4)29(27(32)26(23)31)21-7-5-6-8-21/h9-17,21,24,30H,5-8H2,1-4H3/b25-23-. The Kier molecular flexibility index (Phi) is 6.45. The van der Waals surface area contributed by atoms with Crippen LogP contribution in [0.3, 0.4) is 0 Å². The van der Waals surface area contributed by atoms with Crippen LogP contribution >= 0.6 is 0 Å². The van der Waals surface area contributed by atoms with Crippen molar-refractivity contribution in [3.63, 3.8) is 0 Å². The maximum absolute atomic E-state index is 13.2. The summed E-state index contributed by atoms with van der Waals surface area (Å²) < 4.78 is 5.69. The number of hydrogen-bond donors (Lipinski definition) is 1. The summed E-state index contributed by atoms with van der Waals surface area (Å²) in [5.41, 5.74) is 2.50. The van der Waals surface area contributed by atoms with Gasteiger partial charge in [0.2, 0.25) is 0 Å². The minimum Gasteiger partial charge on any atom is -0.507 e. The molecule has 1 aliphatic heterocycles. The van der Waals surface area contributed by atoms with Gasteiger partial charge in [-0.2, -0.15) is 0 Å². The molecule has 2 aliphatic rings. The Bertz CT molecular complexity index is 1050. The topological polar surface area (TPSA) is 70.1 Å². The first-order chi connectivity index (χ1) is 15.8. The van der Waals surface area contributed by atoms with Gasteiger partial charge in [-0.15, -0.1) is 0 Å². The highest BCUT2D eigenvalue weighted by molar-refractivity contribution is 6.46. The zero-order valence-corrected chi connectivity index (χ0v) is 19.7. The quantitative estimate of drug-likeness (QED) is 0.387. The van der Waals surface area contributed by atoms with Gasteiger partial charge in [-0.05, 0) is 68.7 Å². The van der Waals surface area contributed by atoms with E-state index in [4.69, 9.17) is 4.74 Å². The zero-order valence-electron chi connectivity index (χ0n) is 19.7. The van der Waals surface area contributed by atoms with Gasteiger partial charge in [0.25, 0.3) is 11.7 Å². The molecule has 0 bridgehead atoms. The number of amides is 1. The van der Waals surface area contributed by atoms with E-state index in [1.807, 2.05) is 57.1 Å². The van der Waals surface area contributed by atoms with Crippen LogP contribution in [0.4, 0.5) is 5.69 Å². The number of nitrogens with zero attached hydrogens (tertiary/aromatic N) is 2. The van der Waals surface area contributed by atoms with E-state index >= 15 is 0 Å². The number of anilines is 1. The maximum Gasteiger partial charge on any atom is 0.295 e. The molecule has 1 aliphatic carbocycles. The molecule has 6 heteroatoms. The highest BCUT2D eigenvalue weighted by atomic mass is 16.5. The molecule has 4 rings (SSSR count). The first-order valence-electron chi connectivity index (χ1n) is 11.6. The van der Waals surface area contributed by atoms with Crippen molar-refractivity contribution in [3.8, 4) is 5.75 Å². The maximum atomic E-state index is 13.2. The van der Waals surface area contributed by atoms with Crippen LogP contribution in [0.15, 0.2) is 54.1 Å². The van der Waals surface area contributed by atoms with E-state index < -0.39 is 17.7 Å². The number of aliphatic hydroxyl groups is 1. The molecule has 0 aromatic heterocycles. The summed E-state index contributed by atoms with van der Waals surface area (Å²) in [5, 5.41) is 11.2. The van der Waals surface area contributed by atoms with Crippen molar-refractivity contribution in [1.29, 1.82) is 0 Å². The molecule has 33 heavy (non-hydrogen) atoms. The molecule has 2 fully saturated rings. The normalized spacial score (nSPS) is 20.6. The summed E-state index contributed by atoms with van der Waals surface area (Å²) in [4.78, 5) is 30.1. The molecule has 1 saturated carbocycles. The van der Waals surface area contributed by atoms with Gasteiger partial charge in [0, 0.05) is 31.4 Å². The lowest BCUT2D eigenvalue weighted by Gasteiger charge is -2.31. The summed E-state index contributed by atoms with van der Waals surface area (Å²) >= 11 is 0. The predicted octanol–water partition coefficient (Wildman–Crippen LogP) is 4.90. The number of benzene rings is 2. The van der Waals surface area contributed by atoms with Crippen LogP contribution in [0.5, 0.6) is 5.75 Å². The number of ketones is 1. The van der Waals surface area contributed by atoms with E-state index in [-0.39, 0.29) is 23.5 Å². The Morgan fingerprint density at radius 2 is 1.61 bits per heavy atom. The summed E-state index contributed by atoms with van der Waals surface area (Å²) in [6, 6.07) is 14.2. The molecule has 1 heterocycles. The van der Waals surface area contributed by atoms with E-state index in [0.29, 0.717) is 11.3 Å². The highest BCUT2D eigenvalue weighted by Crippen LogP contribution is 2.43. The Morgan fingerprint density at radius 3 is 2.15 bits per heavy atom. The fourth-order valence-corrected chi connectivity index (χ4v) is 4.81. The lowest BCUT2D eigenvalue weighted by molar-refractivity contribution is -0.141. The van der Waals surface area contributed by atoms with Gasteiger partial charge in [0.05, 0.1) is 17.7 Å².